The van der Waals surface area contributed by atoms with Crippen LogP contribution in [0.5, 0.6) is 5.75 Å². The maximum Gasteiger partial charge on any atom is 0.180 e. The minimum Gasteiger partial charge on any atom is -0.488 e. The van der Waals surface area contributed by atoms with Crippen molar-refractivity contribution in [3.63, 3.8) is 0 Å². The van der Waals surface area contributed by atoms with Gasteiger partial charge in [-0.15, -0.1) is 0 Å². The summed E-state index contributed by atoms with van der Waals surface area (Å²) < 4.78 is 35.5. The van der Waals surface area contributed by atoms with E-state index in [0.29, 0.717) is 18.0 Å². The van der Waals surface area contributed by atoms with E-state index in [1.165, 1.54) is 0 Å². The third-order valence-corrected chi connectivity index (χ3v) is 5.58. The Morgan fingerprint density at radius 1 is 1.08 bits per heavy atom. The topological polar surface area (TPSA) is 64.6 Å². The molecule has 1 N–H and O–H groups in total. The van der Waals surface area contributed by atoms with Crippen molar-refractivity contribution in [1.29, 1.82) is 0 Å². The molecule has 128 valence electrons. The van der Waals surface area contributed by atoms with Crippen LogP contribution in [0.15, 0.2) is 59.5 Å². The summed E-state index contributed by atoms with van der Waals surface area (Å²) in [4.78, 5) is 0.356. The predicted octanol–water partition coefficient (Wildman–Crippen LogP) is 2.74. The van der Waals surface area contributed by atoms with Crippen molar-refractivity contribution in [1.82, 2.24) is 0 Å². The van der Waals surface area contributed by atoms with Crippen molar-refractivity contribution < 1.29 is 17.9 Å². The SMILES string of the molecule is O=S(=O)(CCNc1ccc(OC2CCOC2)cc1)c1ccccc1. The number of anilines is 1. The number of benzene rings is 2. The fourth-order valence-corrected chi connectivity index (χ4v) is 3.70. The molecule has 1 fully saturated rings. The van der Waals surface area contributed by atoms with Gasteiger partial charge in [-0.25, -0.2) is 8.42 Å². The van der Waals surface area contributed by atoms with Crippen molar-refractivity contribution in [3.8, 4) is 5.75 Å². The molecule has 24 heavy (non-hydrogen) atoms. The lowest BCUT2D eigenvalue weighted by molar-refractivity contribution is 0.141. The Morgan fingerprint density at radius 3 is 2.50 bits per heavy atom. The lowest BCUT2D eigenvalue weighted by atomic mass is 10.3. The van der Waals surface area contributed by atoms with Crippen molar-refractivity contribution in [3.05, 3.63) is 54.6 Å². The van der Waals surface area contributed by atoms with Gasteiger partial charge in [-0.3, -0.25) is 0 Å². The quantitative estimate of drug-likeness (QED) is 0.834. The second-order valence-electron chi connectivity index (χ2n) is 5.69. The molecule has 3 rings (SSSR count). The summed E-state index contributed by atoms with van der Waals surface area (Å²) in [6.07, 6.45) is 1.04. The number of hydrogen-bond donors (Lipinski definition) is 1. The van der Waals surface area contributed by atoms with Crippen LogP contribution in [0.1, 0.15) is 6.42 Å². The van der Waals surface area contributed by atoms with Gasteiger partial charge in [0.2, 0.25) is 0 Å². The van der Waals surface area contributed by atoms with E-state index in [-0.39, 0.29) is 11.9 Å². The molecule has 1 unspecified atom stereocenters. The standard InChI is InChI=1S/C18H21NO4S/c20-24(21,18-4-2-1-3-5-18)13-11-19-15-6-8-16(9-7-15)23-17-10-12-22-14-17/h1-9,17,19H,10-14H2. The van der Waals surface area contributed by atoms with E-state index in [9.17, 15) is 8.42 Å². The van der Waals surface area contributed by atoms with Crippen LogP contribution in [0.2, 0.25) is 0 Å². The van der Waals surface area contributed by atoms with Gasteiger partial charge in [-0.2, -0.15) is 0 Å². The van der Waals surface area contributed by atoms with Crippen LogP contribution < -0.4 is 10.1 Å². The number of rotatable bonds is 7. The van der Waals surface area contributed by atoms with Gasteiger partial charge in [0.05, 0.1) is 23.9 Å². The molecule has 1 atom stereocenters. The second-order valence-corrected chi connectivity index (χ2v) is 7.80. The minimum absolute atomic E-state index is 0.0503. The third kappa shape index (κ3) is 4.49. The summed E-state index contributed by atoms with van der Waals surface area (Å²) in [6, 6.07) is 16.0. The van der Waals surface area contributed by atoms with Crippen LogP contribution in [-0.2, 0) is 14.6 Å². The summed E-state index contributed by atoms with van der Waals surface area (Å²) in [7, 11) is -3.26. The maximum atomic E-state index is 12.2. The maximum absolute atomic E-state index is 12.2. The zero-order valence-electron chi connectivity index (χ0n) is 13.4. The van der Waals surface area contributed by atoms with Crippen LogP contribution in [0.4, 0.5) is 5.69 Å². The predicted molar refractivity (Wildman–Crippen MR) is 93.3 cm³/mol. The monoisotopic (exact) mass is 347 g/mol. The zero-order chi connectivity index (χ0) is 16.8. The van der Waals surface area contributed by atoms with E-state index < -0.39 is 9.84 Å². The van der Waals surface area contributed by atoms with Crippen LogP contribution in [0.25, 0.3) is 0 Å². The molecule has 6 heteroatoms. The van der Waals surface area contributed by atoms with E-state index in [1.807, 2.05) is 24.3 Å². The van der Waals surface area contributed by atoms with E-state index in [4.69, 9.17) is 9.47 Å². The first-order chi connectivity index (χ1) is 11.6. The summed E-state index contributed by atoms with van der Waals surface area (Å²) >= 11 is 0. The van der Waals surface area contributed by atoms with Gasteiger partial charge in [0.25, 0.3) is 0 Å². The van der Waals surface area contributed by atoms with Gasteiger partial charge in [-0.1, -0.05) is 18.2 Å². The van der Waals surface area contributed by atoms with E-state index in [2.05, 4.69) is 5.32 Å². The normalized spacial score (nSPS) is 17.6. The van der Waals surface area contributed by atoms with E-state index in [1.54, 1.807) is 30.3 Å². The van der Waals surface area contributed by atoms with Crippen LogP contribution in [-0.4, -0.2) is 40.0 Å². The fraction of sp³-hybridized carbons (Fsp3) is 0.333. The Hall–Kier alpha value is -2.05. The molecule has 0 aromatic heterocycles. The summed E-state index contributed by atoms with van der Waals surface area (Å²) in [6.45, 7) is 1.74. The summed E-state index contributed by atoms with van der Waals surface area (Å²) in [5, 5.41) is 3.13. The molecular weight excluding hydrogens is 326 g/mol. The first-order valence-electron chi connectivity index (χ1n) is 8.00. The highest BCUT2D eigenvalue weighted by atomic mass is 32.2. The molecule has 2 aromatic carbocycles. The fourth-order valence-electron chi connectivity index (χ4n) is 2.53. The Bertz CT molecular complexity index is 738. The van der Waals surface area contributed by atoms with Crippen LogP contribution in [0, 0.1) is 0 Å². The molecule has 0 aliphatic carbocycles. The molecule has 2 aromatic rings. The molecule has 0 bridgehead atoms. The Balaban J connectivity index is 1.50. The highest BCUT2D eigenvalue weighted by Gasteiger charge is 2.17. The Morgan fingerprint density at radius 2 is 1.83 bits per heavy atom. The van der Waals surface area contributed by atoms with Crippen LogP contribution >= 0.6 is 0 Å². The Kier molecular flexibility index (Phi) is 5.37. The van der Waals surface area contributed by atoms with Crippen molar-refractivity contribution in [2.45, 2.75) is 17.4 Å². The minimum atomic E-state index is -3.26. The van der Waals surface area contributed by atoms with Crippen molar-refractivity contribution in [2.24, 2.45) is 0 Å². The van der Waals surface area contributed by atoms with Crippen molar-refractivity contribution >= 4 is 15.5 Å². The Labute approximate surface area is 142 Å². The van der Waals surface area contributed by atoms with Gasteiger partial charge < -0.3 is 14.8 Å². The lowest BCUT2D eigenvalue weighted by Crippen LogP contribution is -2.16. The number of hydrogen-bond acceptors (Lipinski definition) is 5. The second kappa shape index (κ2) is 7.68. The van der Waals surface area contributed by atoms with E-state index in [0.717, 1.165) is 24.5 Å². The van der Waals surface area contributed by atoms with Gasteiger partial charge in [0, 0.05) is 18.7 Å². The van der Waals surface area contributed by atoms with Crippen LogP contribution in [0.3, 0.4) is 0 Å². The van der Waals surface area contributed by atoms with Gasteiger partial charge in [-0.05, 0) is 36.4 Å². The van der Waals surface area contributed by atoms with Gasteiger partial charge in [0.15, 0.2) is 9.84 Å². The highest BCUT2D eigenvalue weighted by molar-refractivity contribution is 7.91. The average molecular weight is 347 g/mol. The van der Waals surface area contributed by atoms with Crippen molar-refractivity contribution in [2.75, 3.05) is 30.8 Å². The highest BCUT2D eigenvalue weighted by Crippen LogP contribution is 2.19. The average Bonchev–Trinajstić information content (AvgIpc) is 3.10. The largest absolute Gasteiger partial charge is 0.488 e. The van der Waals surface area contributed by atoms with Gasteiger partial charge in [0.1, 0.15) is 11.9 Å². The third-order valence-electron chi connectivity index (χ3n) is 3.85. The molecule has 1 saturated heterocycles. The first-order valence-corrected chi connectivity index (χ1v) is 9.65. The summed E-state index contributed by atoms with van der Waals surface area (Å²) in [5.74, 6) is 0.849. The summed E-state index contributed by atoms with van der Waals surface area (Å²) in [5.41, 5.74) is 0.869. The lowest BCUT2D eigenvalue weighted by Gasteiger charge is -2.12. The molecule has 1 heterocycles. The molecule has 5 nitrogen and oxygen atoms in total. The molecular formula is C18H21NO4S. The molecule has 0 spiro atoms. The molecule has 0 saturated carbocycles. The van der Waals surface area contributed by atoms with E-state index >= 15 is 0 Å². The number of nitrogens with one attached hydrogen (secondary N) is 1. The van der Waals surface area contributed by atoms with Gasteiger partial charge >= 0.3 is 0 Å². The number of ether oxygens (including phenoxy) is 2. The smallest absolute Gasteiger partial charge is 0.180 e. The zero-order valence-corrected chi connectivity index (χ0v) is 14.2. The molecule has 1 aliphatic rings. The number of sulfone groups is 1. The molecule has 0 amide bonds. The molecule has 1 aliphatic heterocycles. The first kappa shape index (κ1) is 16.8. The molecule has 0 radical (unpaired) electrons.